The molecule has 1 fully saturated rings. The summed E-state index contributed by atoms with van der Waals surface area (Å²) in [5.41, 5.74) is 5.52. The maximum absolute atomic E-state index is 4.67. The van der Waals surface area contributed by atoms with Crippen LogP contribution in [0, 0.1) is 0 Å². The van der Waals surface area contributed by atoms with Gasteiger partial charge < -0.3 is 0 Å². The largest absolute Gasteiger partial charge is 0.213 e. The summed E-state index contributed by atoms with van der Waals surface area (Å²) in [6.45, 7) is 4.12. The van der Waals surface area contributed by atoms with Gasteiger partial charge in [0.15, 0.2) is 0 Å². The molecule has 3 nitrogen and oxygen atoms in total. The molecule has 1 aliphatic rings. The molecule has 2 atom stereocenters. The van der Waals surface area contributed by atoms with Crippen molar-refractivity contribution in [2.24, 2.45) is 0 Å². The van der Waals surface area contributed by atoms with Crippen molar-refractivity contribution >= 4 is 0 Å². The number of rotatable bonds is 0. The van der Waals surface area contributed by atoms with E-state index in [4.69, 9.17) is 0 Å². The van der Waals surface area contributed by atoms with Crippen LogP contribution in [0.5, 0.6) is 0 Å². The summed E-state index contributed by atoms with van der Waals surface area (Å²) in [7, 11) is 0. The fourth-order valence-electron chi connectivity index (χ4n) is 0.424. The molecule has 0 aromatic heterocycles. The van der Waals surface area contributed by atoms with Crippen LogP contribution < -0.4 is 11.0 Å². The Kier molecular flexibility index (Phi) is 1.27. The highest BCUT2D eigenvalue weighted by atomic mass is 16.8. The van der Waals surface area contributed by atoms with Crippen LogP contribution in [0.3, 0.4) is 0 Å². The molecule has 1 saturated heterocycles. The van der Waals surface area contributed by atoms with Gasteiger partial charge in [-0.3, -0.25) is 0 Å². The normalized spacial score (nSPS) is 42.0. The molecule has 0 bridgehead atoms. The van der Waals surface area contributed by atoms with Gasteiger partial charge in [-0.15, -0.1) is 0 Å². The lowest BCUT2D eigenvalue weighted by atomic mass is 10.2. The van der Waals surface area contributed by atoms with Gasteiger partial charge in [-0.1, -0.05) is 0 Å². The first-order chi connectivity index (χ1) is 3.30. The molecule has 2 unspecified atom stereocenters. The second-order valence-corrected chi connectivity index (χ2v) is 1.92. The lowest BCUT2D eigenvalue weighted by molar-refractivity contribution is 0.0110. The van der Waals surface area contributed by atoms with Gasteiger partial charge in [0.05, 0.1) is 0 Å². The highest BCUT2D eigenvalue weighted by Gasteiger charge is 2.17. The van der Waals surface area contributed by atoms with E-state index in [1.165, 1.54) is 0 Å². The molecular weight excluding hydrogens is 92.1 g/mol. The number of hydrogen-bond donors (Lipinski definition) is 2. The second kappa shape index (κ2) is 1.78. The average Bonchev–Trinajstić information content (AvgIpc) is 1.91. The Morgan fingerprint density at radius 1 is 1.14 bits per heavy atom. The van der Waals surface area contributed by atoms with Crippen molar-refractivity contribution in [3.05, 3.63) is 0 Å². The van der Waals surface area contributed by atoms with Crippen molar-refractivity contribution in [3.63, 3.8) is 0 Å². The molecule has 3 heteroatoms. The fourth-order valence-corrected chi connectivity index (χ4v) is 0.424. The summed E-state index contributed by atoms with van der Waals surface area (Å²) >= 11 is 0. The number of hydrogen-bond acceptors (Lipinski definition) is 3. The summed E-state index contributed by atoms with van der Waals surface area (Å²) in [6, 6.07) is 0.861. The third-order valence-corrected chi connectivity index (χ3v) is 1.24. The number of hydroxylamine groups is 2. The zero-order chi connectivity index (χ0) is 5.28. The molecule has 0 aromatic rings. The first-order valence-electron chi connectivity index (χ1n) is 2.47. The Bertz CT molecular complexity index is 58.7. The van der Waals surface area contributed by atoms with Crippen LogP contribution in [0.25, 0.3) is 0 Å². The quantitative estimate of drug-likeness (QED) is 0.444. The van der Waals surface area contributed by atoms with Gasteiger partial charge in [0.25, 0.3) is 0 Å². The lowest BCUT2D eigenvalue weighted by Crippen LogP contribution is -2.26. The third kappa shape index (κ3) is 0.907. The number of nitrogens with one attached hydrogen (secondary N) is 2. The van der Waals surface area contributed by atoms with E-state index < -0.39 is 0 Å². The summed E-state index contributed by atoms with van der Waals surface area (Å²) in [6.07, 6.45) is 0. The van der Waals surface area contributed by atoms with E-state index in [0.717, 1.165) is 0 Å². The molecular formula is C4H10N2O. The second-order valence-electron chi connectivity index (χ2n) is 1.92. The average molecular weight is 102 g/mol. The molecule has 0 radical (unpaired) electrons. The van der Waals surface area contributed by atoms with Gasteiger partial charge in [-0.05, 0) is 13.8 Å². The van der Waals surface area contributed by atoms with E-state index in [0.29, 0.717) is 12.1 Å². The minimum Gasteiger partial charge on any atom is -0.213 e. The standard InChI is InChI=1S/C4H10N2O/c1-3-4(2)6-7-5-3/h3-6H,1-2H3. The predicted molar refractivity (Wildman–Crippen MR) is 26.3 cm³/mol. The van der Waals surface area contributed by atoms with Crippen molar-refractivity contribution in [3.8, 4) is 0 Å². The van der Waals surface area contributed by atoms with Gasteiger partial charge in [0, 0.05) is 12.1 Å². The van der Waals surface area contributed by atoms with Gasteiger partial charge >= 0.3 is 0 Å². The topological polar surface area (TPSA) is 33.3 Å². The smallest absolute Gasteiger partial charge is 0.0487 e. The Balaban J connectivity index is 2.33. The summed E-state index contributed by atoms with van der Waals surface area (Å²) < 4.78 is 0. The Labute approximate surface area is 42.9 Å². The molecule has 42 valence electrons. The zero-order valence-electron chi connectivity index (χ0n) is 4.56. The Morgan fingerprint density at radius 3 is 1.71 bits per heavy atom. The molecule has 1 heterocycles. The molecule has 1 aliphatic heterocycles. The Hall–Kier alpha value is -0.120. The van der Waals surface area contributed by atoms with Crippen LogP contribution >= 0.6 is 0 Å². The van der Waals surface area contributed by atoms with Crippen molar-refractivity contribution in [1.82, 2.24) is 11.0 Å². The first-order valence-corrected chi connectivity index (χ1v) is 2.47. The lowest BCUT2D eigenvalue weighted by Gasteiger charge is -2.01. The zero-order valence-corrected chi connectivity index (χ0v) is 4.56. The molecule has 1 rings (SSSR count). The minimum absolute atomic E-state index is 0.431. The van der Waals surface area contributed by atoms with Crippen molar-refractivity contribution < 1.29 is 4.94 Å². The van der Waals surface area contributed by atoms with Crippen LogP contribution in [0.1, 0.15) is 13.8 Å². The van der Waals surface area contributed by atoms with Crippen molar-refractivity contribution in [2.45, 2.75) is 25.9 Å². The van der Waals surface area contributed by atoms with Gasteiger partial charge in [0.2, 0.25) is 0 Å². The van der Waals surface area contributed by atoms with E-state index in [1.807, 2.05) is 0 Å². The maximum Gasteiger partial charge on any atom is 0.0487 e. The summed E-state index contributed by atoms with van der Waals surface area (Å²) in [4.78, 5) is 4.67. The molecule has 0 amide bonds. The van der Waals surface area contributed by atoms with Crippen LogP contribution in [-0.4, -0.2) is 12.1 Å². The van der Waals surface area contributed by atoms with Crippen molar-refractivity contribution in [1.29, 1.82) is 0 Å². The highest BCUT2D eigenvalue weighted by Crippen LogP contribution is 1.95. The van der Waals surface area contributed by atoms with E-state index in [9.17, 15) is 0 Å². The van der Waals surface area contributed by atoms with Crippen LogP contribution in [0.4, 0.5) is 0 Å². The monoisotopic (exact) mass is 102 g/mol. The van der Waals surface area contributed by atoms with E-state index >= 15 is 0 Å². The van der Waals surface area contributed by atoms with E-state index in [2.05, 4.69) is 29.7 Å². The summed E-state index contributed by atoms with van der Waals surface area (Å²) in [5, 5.41) is 0. The highest BCUT2D eigenvalue weighted by molar-refractivity contribution is 4.70. The molecule has 0 spiro atoms. The predicted octanol–water partition coefficient (Wildman–Crippen LogP) is -0.197. The van der Waals surface area contributed by atoms with E-state index in [1.54, 1.807) is 0 Å². The van der Waals surface area contributed by atoms with Crippen LogP contribution in [0.15, 0.2) is 0 Å². The molecule has 0 aliphatic carbocycles. The van der Waals surface area contributed by atoms with E-state index in [-0.39, 0.29) is 0 Å². The van der Waals surface area contributed by atoms with Crippen molar-refractivity contribution in [2.75, 3.05) is 0 Å². The van der Waals surface area contributed by atoms with Crippen LogP contribution in [0.2, 0.25) is 0 Å². The fraction of sp³-hybridized carbons (Fsp3) is 1.00. The van der Waals surface area contributed by atoms with Gasteiger partial charge in [-0.25, -0.2) is 4.94 Å². The van der Waals surface area contributed by atoms with Gasteiger partial charge in [-0.2, -0.15) is 11.0 Å². The van der Waals surface area contributed by atoms with Crippen LogP contribution in [-0.2, 0) is 4.94 Å². The molecule has 0 saturated carbocycles. The first kappa shape index (κ1) is 5.03. The summed E-state index contributed by atoms with van der Waals surface area (Å²) in [5.74, 6) is 0. The molecule has 0 aromatic carbocycles. The Morgan fingerprint density at radius 2 is 1.57 bits per heavy atom. The van der Waals surface area contributed by atoms with Gasteiger partial charge in [0.1, 0.15) is 0 Å². The molecule has 7 heavy (non-hydrogen) atoms. The third-order valence-electron chi connectivity index (χ3n) is 1.24. The molecule has 2 N–H and O–H groups in total. The maximum atomic E-state index is 4.67. The minimum atomic E-state index is 0.431. The SMILES string of the molecule is CC1NONC1C.